The molecule has 1 aliphatic rings. The van der Waals surface area contributed by atoms with E-state index in [0.29, 0.717) is 6.54 Å². The van der Waals surface area contributed by atoms with Crippen LogP contribution >= 0.6 is 38.5 Å². The van der Waals surface area contributed by atoms with Crippen LogP contribution in [0.5, 0.6) is 0 Å². The zero-order valence-electron chi connectivity index (χ0n) is 12.0. The third kappa shape index (κ3) is 3.64. The first-order valence-electron chi connectivity index (χ1n) is 6.73. The number of carbonyl (C=O) groups is 1. The molecular formula is C16H19BrINO. The Morgan fingerprint density at radius 1 is 1.35 bits per heavy atom. The second-order valence-corrected chi connectivity index (χ2v) is 8.18. The number of amides is 1. The van der Waals surface area contributed by atoms with Crippen molar-refractivity contribution in [2.75, 3.05) is 13.1 Å². The molecule has 2 nitrogen and oxygen atoms in total. The van der Waals surface area contributed by atoms with Gasteiger partial charge in [-0.25, -0.2) is 0 Å². The molecular weight excluding hydrogens is 429 g/mol. The first kappa shape index (κ1) is 16.0. The zero-order valence-corrected chi connectivity index (χ0v) is 15.8. The van der Waals surface area contributed by atoms with Crippen molar-refractivity contribution in [1.82, 2.24) is 4.90 Å². The van der Waals surface area contributed by atoms with E-state index < -0.39 is 0 Å². The molecule has 108 valence electrons. The van der Waals surface area contributed by atoms with E-state index >= 15 is 0 Å². The third-order valence-electron chi connectivity index (χ3n) is 3.62. The molecule has 0 spiro atoms. The Bertz CT molecular complexity index is 560. The molecule has 0 bridgehead atoms. The van der Waals surface area contributed by atoms with E-state index in [1.54, 1.807) is 0 Å². The van der Waals surface area contributed by atoms with Crippen molar-refractivity contribution in [3.8, 4) is 0 Å². The summed E-state index contributed by atoms with van der Waals surface area (Å²) in [7, 11) is 0. The van der Waals surface area contributed by atoms with Gasteiger partial charge in [0, 0.05) is 21.1 Å². The van der Waals surface area contributed by atoms with Gasteiger partial charge in [0.05, 0.1) is 5.56 Å². The molecule has 1 heterocycles. The summed E-state index contributed by atoms with van der Waals surface area (Å²) in [5.74, 6) is 0.125. The van der Waals surface area contributed by atoms with Crippen molar-refractivity contribution in [3.63, 3.8) is 0 Å². The van der Waals surface area contributed by atoms with Gasteiger partial charge in [-0.1, -0.05) is 48.4 Å². The summed E-state index contributed by atoms with van der Waals surface area (Å²) in [6.07, 6.45) is 3.19. The van der Waals surface area contributed by atoms with Crippen LogP contribution in [0.2, 0.25) is 0 Å². The second-order valence-electron chi connectivity index (χ2n) is 6.10. The number of hydrogen-bond acceptors (Lipinski definition) is 1. The van der Waals surface area contributed by atoms with Crippen LogP contribution in [-0.2, 0) is 0 Å². The lowest BCUT2D eigenvalue weighted by Gasteiger charge is -2.32. The molecule has 2 rings (SSSR count). The highest BCUT2D eigenvalue weighted by Crippen LogP contribution is 2.30. The van der Waals surface area contributed by atoms with Crippen LogP contribution in [0.3, 0.4) is 0 Å². The normalized spacial score (nSPS) is 16.1. The average molecular weight is 448 g/mol. The van der Waals surface area contributed by atoms with Crippen LogP contribution in [0.4, 0.5) is 0 Å². The summed E-state index contributed by atoms with van der Waals surface area (Å²) >= 11 is 5.66. The topological polar surface area (TPSA) is 20.3 Å². The van der Waals surface area contributed by atoms with Crippen molar-refractivity contribution in [1.29, 1.82) is 0 Å². The lowest BCUT2D eigenvalue weighted by Crippen LogP contribution is -2.36. The maximum Gasteiger partial charge on any atom is 0.255 e. The van der Waals surface area contributed by atoms with Gasteiger partial charge in [0.25, 0.3) is 5.91 Å². The molecule has 4 heteroatoms. The van der Waals surface area contributed by atoms with E-state index in [1.807, 2.05) is 23.1 Å². The maximum absolute atomic E-state index is 12.6. The minimum absolute atomic E-state index is 0.125. The molecule has 0 radical (unpaired) electrons. The summed E-state index contributed by atoms with van der Waals surface area (Å²) in [5, 5.41) is 0. The summed E-state index contributed by atoms with van der Waals surface area (Å²) in [4.78, 5) is 14.5. The first-order valence-corrected chi connectivity index (χ1v) is 8.60. The van der Waals surface area contributed by atoms with Gasteiger partial charge in [-0.3, -0.25) is 4.79 Å². The van der Waals surface area contributed by atoms with Crippen molar-refractivity contribution in [2.24, 2.45) is 5.41 Å². The monoisotopic (exact) mass is 447 g/mol. The average Bonchev–Trinajstić information content (AvgIpc) is 2.40. The molecule has 0 saturated heterocycles. The standard InChI is InChI=1S/C16H19BrINO/c1-16(2,3)11-6-8-19(9-7-11)15(20)13-10-12(17)4-5-14(13)18/h4-6,10H,7-9H2,1-3H3. The maximum atomic E-state index is 12.6. The first-order chi connectivity index (χ1) is 9.29. The fourth-order valence-electron chi connectivity index (χ4n) is 2.37. The van der Waals surface area contributed by atoms with Crippen LogP contribution in [-0.4, -0.2) is 23.9 Å². The number of halogens is 2. The summed E-state index contributed by atoms with van der Waals surface area (Å²) in [6, 6.07) is 5.84. The van der Waals surface area contributed by atoms with Crippen molar-refractivity contribution in [3.05, 3.63) is 43.5 Å². The number of hydrogen-bond donors (Lipinski definition) is 0. The van der Waals surface area contributed by atoms with Gasteiger partial charge < -0.3 is 4.90 Å². The van der Waals surface area contributed by atoms with Crippen molar-refractivity contribution in [2.45, 2.75) is 27.2 Å². The second kappa shape index (κ2) is 6.18. The highest BCUT2D eigenvalue weighted by molar-refractivity contribution is 14.1. The van der Waals surface area contributed by atoms with Crippen LogP contribution in [0, 0.1) is 8.99 Å². The Morgan fingerprint density at radius 2 is 2.05 bits per heavy atom. The molecule has 0 saturated carbocycles. The summed E-state index contributed by atoms with van der Waals surface area (Å²) < 4.78 is 1.95. The lowest BCUT2D eigenvalue weighted by atomic mass is 9.83. The van der Waals surface area contributed by atoms with E-state index in [1.165, 1.54) is 5.57 Å². The largest absolute Gasteiger partial charge is 0.335 e. The van der Waals surface area contributed by atoms with Crippen LogP contribution < -0.4 is 0 Å². The van der Waals surface area contributed by atoms with Crippen molar-refractivity contribution < 1.29 is 4.79 Å². The van der Waals surface area contributed by atoms with Gasteiger partial charge in [-0.05, 0) is 52.6 Å². The Labute approximate surface area is 142 Å². The molecule has 0 fully saturated rings. The number of nitrogens with zero attached hydrogens (tertiary/aromatic N) is 1. The Morgan fingerprint density at radius 3 is 2.60 bits per heavy atom. The number of rotatable bonds is 1. The van der Waals surface area contributed by atoms with E-state index in [9.17, 15) is 4.79 Å². The molecule has 0 atom stereocenters. The Balaban J connectivity index is 2.17. The van der Waals surface area contributed by atoms with Crippen LogP contribution in [0.25, 0.3) is 0 Å². The van der Waals surface area contributed by atoms with Gasteiger partial charge in [-0.2, -0.15) is 0 Å². The molecule has 0 aliphatic carbocycles. The van der Waals surface area contributed by atoms with Gasteiger partial charge in [-0.15, -0.1) is 0 Å². The smallest absolute Gasteiger partial charge is 0.255 e. The minimum Gasteiger partial charge on any atom is -0.335 e. The highest BCUT2D eigenvalue weighted by Gasteiger charge is 2.25. The molecule has 20 heavy (non-hydrogen) atoms. The van der Waals surface area contributed by atoms with Crippen LogP contribution in [0.15, 0.2) is 34.3 Å². The fraction of sp³-hybridized carbons (Fsp3) is 0.438. The zero-order chi connectivity index (χ0) is 14.9. The quantitative estimate of drug-likeness (QED) is 0.444. The molecule has 0 N–H and O–H groups in total. The number of benzene rings is 1. The number of carbonyl (C=O) groups excluding carboxylic acids is 1. The lowest BCUT2D eigenvalue weighted by molar-refractivity contribution is 0.0764. The Kier molecular flexibility index (Phi) is 4.95. The predicted octanol–water partition coefficient (Wildman–Crippen LogP) is 4.87. The summed E-state index contributed by atoms with van der Waals surface area (Å²) in [5.41, 5.74) is 2.44. The SMILES string of the molecule is CC(C)(C)C1=CCN(C(=O)c2cc(Br)ccc2I)CC1. The van der Waals surface area contributed by atoms with Crippen LogP contribution in [0.1, 0.15) is 37.6 Å². The minimum atomic E-state index is 0.125. The third-order valence-corrected chi connectivity index (χ3v) is 5.05. The van der Waals surface area contributed by atoms with E-state index in [2.05, 4.69) is 65.4 Å². The van der Waals surface area contributed by atoms with E-state index in [-0.39, 0.29) is 11.3 Å². The molecule has 0 aromatic heterocycles. The summed E-state index contributed by atoms with van der Waals surface area (Å²) in [6.45, 7) is 8.22. The van der Waals surface area contributed by atoms with E-state index in [0.717, 1.165) is 26.6 Å². The Hall–Kier alpha value is -0.360. The fourth-order valence-corrected chi connectivity index (χ4v) is 3.29. The molecule has 0 unspecified atom stereocenters. The highest BCUT2D eigenvalue weighted by atomic mass is 127. The predicted molar refractivity (Wildman–Crippen MR) is 94.9 cm³/mol. The van der Waals surface area contributed by atoms with Gasteiger partial charge >= 0.3 is 0 Å². The molecule has 1 amide bonds. The van der Waals surface area contributed by atoms with Gasteiger partial charge in [0.2, 0.25) is 0 Å². The molecule has 1 aromatic rings. The van der Waals surface area contributed by atoms with Gasteiger partial charge in [0.1, 0.15) is 0 Å². The van der Waals surface area contributed by atoms with Gasteiger partial charge in [0.15, 0.2) is 0 Å². The molecule has 1 aromatic carbocycles. The van der Waals surface area contributed by atoms with Crippen molar-refractivity contribution >= 4 is 44.4 Å². The van der Waals surface area contributed by atoms with E-state index in [4.69, 9.17) is 0 Å². The molecule has 1 aliphatic heterocycles.